The molecule has 1 fully saturated rings. The number of amides is 2. The molecule has 0 spiro atoms. The summed E-state index contributed by atoms with van der Waals surface area (Å²) < 4.78 is 0.955. The van der Waals surface area contributed by atoms with Crippen LogP contribution in [-0.4, -0.2) is 22.7 Å². The minimum atomic E-state index is -0.206. The molecule has 184 valence electrons. The molecule has 5 rings (SSSR count). The van der Waals surface area contributed by atoms with E-state index in [1.807, 2.05) is 54.6 Å². The first kappa shape index (κ1) is 24.1. The summed E-state index contributed by atoms with van der Waals surface area (Å²) in [6.07, 6.45) is 5.75. The van der Waals surface area contributed by atoms with Crippen molar-refractivity contribution in [3.8, 4) is 0 Å². The van der Waals surface area contributed by atoms with Crippen molar-refractivity contribution < 1.29 is 4.79 Å². The third-order valence-corrected chi connectivity index (χ3v) is 7.14. The molecule has 3 aromatic rings. The van der Waals surface area contributed by atoms with Gasteiger partial charge in [0.05, 0.1) is 29.3 Å². The van der Waals surface area contributed by atoms with E-state index < -0.39 is 0 Å². The quantitative estimate of drug-likeness (QED) is 0.286. The van der Waals surface area contributed by atoms with Gasteiger partial charge in [0.25, 0.3) is 0 Å². The van der Waals surface area contributed by atoms with E-state index in [1.54, 1.807) is 22.0 Å². The maximum Gasteiger partial charge on any atom is 0.349 e. The molecule has 2 aliphatic rings. The van der Waals surface area contributed by atoms with Crippen LogP contribution in [-0.2, 0) is 6.54 Å². The predicted octanol–water partition coefficient (Wildman–Crippen LogP) is 6.41. The largest absolute Gasteiger partial charge is 0.370 e. The van der Waals surface area contributed by atoms with E-state index >= 15 is 0 Å². The number of carbonyl (C=O) groups excluding carboxylic acids is 1. The minimum Gasteiger partial charge on any atom is -0.370 e. The number of fused-ring (bicyclic) bond motifs is 1. The van der Waals surface area contributed by atoms with Crippen LogP contribution in [0.2, 0.25) is 0 Å². The Balaban J connectivity index is 1.64. The molecule has 1 aliphatic carbocycles. The Morgan fingerprint density at radius 3 is 2.39 bits per heavy atom. The second-order valence-electron chi connectivity index (χ2n) is 9.20. The summed E-state index contributed by atoms with van der Waals surface area (Å²) in [5.74, 6) is 0.297. The fourth-order valence-corrected chi connectivity index (χ4v) is 5.33. The van der Waals surface area contributed by atoms with Crippen molar-refractivity contribution in [2.24, 2.45) is 27.5 Å². The highest BCUT2D eigenvalue weighted by Crippen LogP contribution is 2.39. The standard InChI is InChI=1S/C28H29BrN6O/c29-21-11-16-25-24(17-21)26(20-9-5-2-6-10-20)33-34(18-19-7-3-1-4-8-19)28(36)35(25)23-14-12-22(13-15-23)32-27(30)31/h1,3-4,7-8,11-17,20H,2,5-6,9-10,18H2,(H4,30,31,32). The van der Waals surface area contributed by atoms with Crippen molar-refractivity contribution in [3.63, 3.8) is 0 Å². The summed E-state index contributed by atoms with van der Waals surface area (Å²) in [5, 5.41) is 6.68. The van der Waals surface area contributed by atoms with Crippen molar-refractivity contribution in [1.82, 2.24) is 5.01 Å². The van der Waals surface area contributed by atoms with Gasteiger partial charge in [-0.1, -0.05) is 65.5 Å². The number of nitrogens with zero attached hydrogens (tertiary/aromatic N) is 4. The lowest BCUT2D eigenvalue weighted by atomic mass is 9.83. The van der Waals surface area contributed by atoms with E-state index in [0.29, 0.717) is 18.2 Å². The van der Waals surface area contributed by atoms with Crippen LogP contribution < -0.4 is 16.4 Å². The third-order valence-electron chi connectivity index (χ3n) is 6.65. The van der Waals surface area contributed by atoms with Gasteiger partial charge in [-0.15, -0.1) is 0 Å². The van der Waals surface area contributed by atoms with E-state index in [2.05, 4.69) is 27.0 Å². The molecule has 0 atom stereocenters. The van der Waals surface area contributed by atoms with Crippen LogP contribution in [0.5, 0.6) is 0 Å². The number of nitrogens with two attached hydrogens (primary N) is 2. The number of rotatable bonds is 5. The highest BCUT2D eigenvalue weighted by atomic mass is 79.9. The molecular weight excluding hydrogens is 516 g/mol. The fourth-order valence-electron chi connectivity index (χ4n) is 4.97. The second kappa shape index (κ2) is 10.5. The molecule has 2 amide bonds. The maximum atomic E-state index is 14.2. The van der Waals surface area contributed by atoms with Gasteiger partial charge >= 0.3 is 6.03 Å². The molecule has 3 aromatic carbocycles. The van der Waals surface area contributed by atoms with Crippen LogP contribution in [0.4, 0.5) is 21.9 Å². The summed E-state index contributed by atoms with van der Waals surface area (Å²) in [6, 6.07) is 23.1. The first-order chi connectivity index (χ1) is 17.5. The van der Waals surface area contributed by atoms with E-state index in [-0.39, 0.29) is 12.0 Å². The average molecular weight is 545 g/mol. The SMILES string of the molecule is NC(N)=Nc1ccc(N2C(=O)N(Cc3ccccc3)N=C(C3CCCCC3)c3cc(Br)ccc32)cc1. The second-order valence-corrected chi connectivity index (χ2v) is 10.1. The Morgan fingerprint density at radius 2 is 1.69 bits per heavy atom. The number of hydrazone groups is 1. The Hall–Kier alpha value is -3.65. The molecule has 36 heavy (non-hydrogen) atoms. The number of hydrogen-bond acceptors (Lipinski definition) is 3. The summed E-state index contributed by atoms with van der Waals surface area (Å²) >= 11 is 3.65. The van der Waals surface area contributed by atoms with Crippen LogP contribution >= 0.6 is 15.9 Å². The lowest BCUT2D eigenvalue weighted by molar-refractivity contribution is 0.207. The Morgan fingerprint density at radius 1 is 0.972 bits per heavy atom. The predicted molar refractivity (Wildman–Crippen MR) is 149 cm³/mol. The highest BCUT2D eigenvalue weighted by molar-refractivity contribution is 9.10. The summed E-state index contributed by atoms with van der Waals surface area (Å²) in [4.78, 5) is 20.0. The highest BCUT2D eigenvalue weighted by Gasteiger charge is 2.34. The van der Waals surface area contributed by atoms with Gasteiger partial charge < -0.3 is 11.5 Å². The zero-order valence-electron chi connectivity index (χ0n) is 20.0. The molecule has 0 bridgehead atoms. The monoisotopic (exact) mass is 544 g/mol. The van der Waals surface area contributed by atoms with Gasteiger partial charge in [0.2, 0.25) is 0 Å². The Labute approximate surface area is 219 Å². The molecule has 1 heterocycles. The lowest BCUT2D eigenvalue weighted by Crippen LogP contribution is -2.36. The molecule has 1 aliphatic heterocycles. The van der Waals surface area contributed by atoms with Crippen LogP contribution in [0.25, 0.3) is 0 Å². The molecular formula is C28H29BrN6O. The van der Waals surface area contributed by atoms with Gasteiger partial charge in [0, 0.05) is 16.0 Å². The molecule has 4 N–H and O–H groups in total. The number of anilines is 2. The smallest absolute Gasteiger partial charge is 0.349 e. The first-order valence-corrected chi connectivity index (χ1v) is 13.0. The molecule has 8 heteroatoms. The zero-order valence-corrected chi connectivity index (χ0v) is 21.6. The molecule has 1 saturated carbocycles. The van der Waals surface area contributed by atoms with Crippen LogP contribution in [0, 0.1) is 5.92 Å². The number of hydrogen-bond donors (Lipinski definition) is 2. The van der Waals surface area contributed by atoms with Crippen molar-refractivity contribution in [3.05, 3.63) is 88.4 Å². The number of aliphatic imine (C=N–C) groups is 1. The van der Waals surface area contributed by atoms with Gasteiger partial charge in [0.1, 0.15) is 0 Å². The Kier molecular flexibility index (Phi) is 7.04. The topological polar surface area (TPSA) is 100 Å². The Bertz CT molecular complexity index is 1300. The van der Waals surface area contributed by atoms with Crippen molar-refractivity contribution >= 4 is 50.7 Å². The van der Waals surface area contributed by atoms with E-state index in [0.717, 1.165) is 45.5 Å². The van der Waals surface area contributed by atoms with Crippen LogP contribution in [0.3, 0.4) is 0 Å². The van der Waals surface area contributed by atoms with Gasteiger partial charge in [-0.2, -0.15) is 5.10 Å². The van der Waals surface area contributed by atoms with Crippen molar-refractivity contribution in [2.45, 2.75) is 38.6 Å². The normalized spacial score (nSPS) is 16.2. The van der Waals surface area contributed by atoms with Crippen LogP contribution in [0.1, 0.15) is 43.2 Å². The molecule has 0 saturated heterocycles. The summed E-state index contributed by atoms with van der Waals surface area (Å²) in [5.41, 5.74) is 16.2. The van der Waals surface area contributed by atoms with E-state index in [9.17, 15) is 4.79 Å². The number of urea groups is 1. The maximum absolute atomic E-state index is 14.2. The average Bonchev–Trinajstić information content (AvgIpc) is 3.00. The zero-order chi connectivity index (χ0) is 25.1. The first-order valence-electron chi connectivity index (χ1n) is 12.2. The van der Waals surface area contributed by atoms with Gasteiger partial charge in [-0.3, -0.25) is 4.90 Å². The number of halogens is 1. The summed E-state index contributed by atoms with van der Waals surface area (Å²) in [6.45, 7) is 0.383. The number of benzene rings is 3. The van der Waals surface area contributed by atoms with Crippen LogP contribution in [0.15, 0.2) is 87.4 Å². The van der Waals surface area contributed by atoms with Gasteiger partial charge in [-0.05, 0) is 60.9 Å². The molecule has 0 aromatic heterocycles. The fraction of sp³-hybridized carbons (Fsp3) is 0.250. The van der Waals surface area contributed by atoms with Gasteiger partial charge in [0.15, 0.2) is 5.96 Å². The minimum absolute atomic E-state index is 0.0108. The van der Waals surface area contributed by atoms with Crippen molar-refractivity contribution in [2.75, 3.05) is 4.90 Å². The molecule has 0 unspecified atom stereocenters. The van der Waals surface area contributed by atoms with E-state index in [1.165, 1.54) is 19.3 Å². The molecule has 0 radical (unpaired) electrons. The lowest BCUT2D eigenvalue weighted by Gasteiger charge is -2.27. The third kappa shape index (κ3) is 5.14. The molecule has 7 nitrogen and oxygen atoms in total. The van der Waals surface area contributed by atoms with Crippen molar-refractivity contribution in [1.29, 1.82) is 0 Å². The number of carbonyl (C=O) groups is 1. The van der Waals surface area contributed by atoms with Gasteiger partial charge in [-0.25, -0.2) is 14.8 Å². The summed E-state index contributed by atoms with van der Waals surface area (Å²) in [7, 11) is 0. The number of guanidine groups is 1. The van der Waals surface area contributed by atoms with E-state index in [4.69, 9.17) is 16.6 Å².